The standard InChI is InChI=1S/C21H17ClN2O2/c1-26-20-15-19(24-12-5-6-13-24)18(22)14-17(20)21(25)23-11-7-10-16-8-3-2-4-9-16/h2-6,8-9,12-15H,11H2,1H3,(H,23,25). The number of nitrogens with one attached hydrogen (secondary N) is 1. The highest BCUT2D eigenvalue weighted by Gasteiger charge is 2.16. The number of benzene rings is 2. The maximum atomic E-state index is 12.5. The Bertz CT molecular complexity index is 955. The maximum Gasteiger partial charge on any atom is 0.255 e. The average molecular weight is 365 g/mol. The zero-order chi connectivity index (χ0) is 18.4. The molecule has 5 heteroatoms. The third-order valence-corrected chi connectivity index (χ3v) is 4.04. The lowest BCUT2D eigenvalue weighted by Gasteiger charge is -2.13. The van der Waals surface area contributed by atoms with Crippen molar-refractivity contribution in [1.82, 2.24) is 9.88 Å². The molecule has 0 saturated heterocycles. The molecule has 0 spiro atoms. The Morgan fingerprint density at radius 3 is 2.58 bits per heavy atom. The minimum absolute atomic E-state index is 0.230. The first-order valence-corrected chi connectivity index (χ1v) is 8.40. The van der Waals surface area contributed by atoms with Gasteiger partial charge in [-0.25, -0.2) is 0 Å². The lowest BCUT2D eigenvalue weighted by molar-refractivity contribution is 0.0955. The normalized spacial score (nSPS) is 9.92. The van der Waals surface area contributed by atoms with Crippen LogP contribution in [0.15, 0.2) is 67.0 Å². The van der Waals surface area contributed by atoms with Crippen LogP contribution in [-0.4, -0.2) is 24.1 Å². The number of carbonyl (C=O) groups is 1. The van der Waals surface area contributed by atoms with E-state index in [0.717, 1.165) is 11.3 Å². The van der Waals surface area contributed by atoms with Crippen LogP contribution < -0.4 is 10.1 Å². The highest BCUT2D eigenvalue weighted by Crippen LogP contribution is 2.29. The summed E-state index contributed by atoms with van der Waals surface area (Å²) >= 11 is 6.35. The molecule has 2 aromatic carbocycles. The third kappa shape index (κ3) is 4.08. The van der Waals surface area contributed by atoms with Crippen LogP contribution in [0.5, 0.6) is 5.75 Å². The number of amides is 1. The lowest BCUT2D eigenvalue weighted by Crippen LogP contribution is -2.24. The van der Waals surface area contributed by atoms with Crippen LogP contribution in [0, 0.1) is 11.8 Å². The van der Waals surface area contributed by atoms with Gasteiger partial charge >= 0.3 is 0 Å². The minimum atomic E-state index is -0.287. The van der Waals surface area contributed by atoms with Gasteiger partial charge in [0, 0.05) is 24.0 Å². The van der Waals surface area contributed by atoms with Gasteiger partial charge in [-0.05, 0) is 30.3 Å². The molecule has 3 rings (SSSR count). The van der Waals surface area contributed by atoms with Gasteiger partial charge in [0.2, 0.25) is 0 Å². The Morgan fingerprint density at radius 2 is 1.88 bits per heavy atom. The SMILES string of the molecule is COc1cc(-n2cccc2)c(Cl)cc1C(=O)NCC#Cc1ccccc1. The molecule has 130 valence electrons. The van der Waals surface area contributed by atoms with Gasteiger partial charge in [0.25, 0.3) is 5.91 Å². The first-order chi connectivity index (χ1) is 12.7. The minimum Gasteiger partial charge on any atom is -0.496 e. The van der Waals surface area contributed by atoms with Crippen molar-refractivity contribution in [3.05, 3.63) is 83.1 Å². The van der Waals surface area contributed by atoms with E-state index in [2.05, 4.69) is 17.2 Å². The van der Waals surface area contributed by atoms with Crippen LogP contribution in [0.4, 0.5) is 0 Å². The first kappa shape index (κ1) is 17.7. The topological polar surface area (TPSA) is 43.3 Å². The van der Waals surface area contributed by atoms with Crippen LogP contribution in [0.1, 0.15) is 15.9 Å². The number of rotatable bonds is 4. The molecule has 0 aliphatic heterocycles. The van der Waals surface area contributed by atoms with E-state index in [9.17, 15) is 4.79 Å². The van der Waals surface area contributed by atoms with Crippen molar-refractivity contribution in [2.75, 3.05) is 13.7 Å². The Morgan fingerprint density at radius 1 is 1.15 bits per heavy atom. The summed E-state index contributed by atoms with van der Waals surface area (Å²) < 4.78 is 7.23. The van der Waals surface area contributed by atoms with E-state index in [0.29, 0.717) is 16.3 Å². The Kier molecular flexibility index (Phi) is 5.62. The molecule has 1 N–H and O–H groups in total. The molecule has 0 atom stereocenters. The fourth-order valence-electron chi connectivity index (χ4n) is 2.47. The second kappa shape index (κ2) is 8.28. The molecule has 0 bridgehead atoms. The van der Waals surface area contributed by atoms with Crippen molar-refractivity contribution in [3.8, 4) is 23.3 Å². The van der Waals surface area contributed by atoms with Crippen molar-refractivity contribution < 1.29 is 9.53 Å². The van der Waals surface area contributed by atoms with Crippen LogP contribution in [0.2, 0.25) is 5.02 Å². The predicted octanol–water partition coefficient (Wildman–Crippen LogP) is 3.92. The van der Waals surface area contributed by atoms with Crippen LogP contribution >= 0.6 is 11.6 Å². The van der Waals surface area contributed by atoms with Gasteiger partial charge < -0.3 is 14.6 Å². The summed E-state index contributed by atoms with van der Waals surface area (Å²) in [6.07, 6.45) is 3.75. The highest BCUT2D eigenvalue weighted by atomic mass is 35.5. The summed E-state index contributed by atoms with van der Waals surface area (Å²) in [5.41, 5.74) is 2.02. The van der Waals surface area contributed by atoms with Gasteiger partial charge in [0.15, 0.2) is 0 Å². The number of halogens is 1. The lowest BCUT2D eigenvalue weighted by atomic mass is 10.1. The fraction of sp³-hybridized carbons (Fsp3) is 0.0952. The summed E-state index contributed by atoms with van der Waals surface area (Å²) in [6, 6.07) is 16.7. The smallest absolute Gasteiger partial charge is 0.255 e. The Labute approximate surface area is 157 Å². The van der Waals surface area contributed by atoms with E-state index in [4.69, 9.17) is 16.3 Å². The summed E-state index contributed by atoms with van der Waals surface area (Å²) in [7, 11) is 1.52. The molecule has 0 saturated carbocycles. The molecule has 1 amide bonds. The van der Waals surface area contributed by atoms with Crippen molar-refractivity contribution in [1.29, 1.82) is 0 Å². The fourth-order valence-corrected chi connectivity index (χ4v) is 2.73. The van der Waals surface area contributed by atoms with Gasteiger partial charge in [-0.1, -0.05) is 41.6 Å². The van der Waals surface area contributed by atoms with Gasteiger partial charge in [-0.2, -0.15) is 0 Å². The summed E-state index contributed by atoms with van der Waals surface area (Å²) in [4.78, 5) is 12.5. The number of nitrogens with zero attached hydrogens (tertiary/aromatic N) is 1. The number of hydrogen-bond acceptors (Lipinski definition) is 2. The average Bonchev–Trinajstić information content (AvgIpc) is 3.20. The number of hydrogen-bond donors (Lipinski definition) is 1. The predicted molar refractivity (Wildman–Crippen MR) is 103 cm³/mol. The molecular weight excluding hydrogens is 348 g/mol. The molecule has 1 heterocycles. The number of carbonyl (C=O) groups excluding carboxylic acids is 1. The molecule has 0 fully saturated rings. The summed E-state index contributed by atoms with van der Waals surface area (Å²) in [5.74, 6) is 6.09. The molecule has 3 aromatic rings. The van der Waals surface area contributed by atoms with Gasteiger partial charge in [0.05, 0.1) is 29.9 Å². The Hall–Kier alpha value is -3.16. The van der Waals surface area contributed by atoms with Crippen molar-refractivity contribution in [3.63, 3.8) is 0 Å². The summed E-state index contributed by atoms with van der Waals surface area (Å²) in [5, 5.41) is 3.23. The van der Waals surface area contributed by atoms with E-state index >= 15 is 0 Å². The van der Waals surface area contributed by atoms with Crippen LogP contribution in [-0.2, 0) is 0 Å². The van der Waals surface area contributed by atoms with E-state index in [1.807, 2.05) is 59.4 Å². The highest BCUT2D eigenvalue weighted by molar-refractivity contribution is 6.33. The largest absolute Gasteiger partial charge is 0.496 e. The van der Waals surface area contributed by atoms with E-state index in [1.165, 1.54) is 7.11 Å². The maximum absolute atomic E-state index is 12.5. The van der Waals surface area contributed by atoms with Crippen molar-refractivity contribution in [2.24, 2.45) is 0 Å². The second-order valence-corrected chi connectivity index (χ2v) is 5.85. The number of ether oxygens (including phenoxy) is 1. The molecule has 0 aliphatic rings. The quantitative estimate of drug-likeness (QED) is 0.713. The van der Waals surface area contributed by atoms with Gasteiger partial charge in [-0.15, -0.1) is 0 Å². The van der Waals surface area contributed by atoms with E-state index in [-0.39, 0.29) is 12.5 Å². The summed E-state index contributed by atoms with van der Waals surface area (Å²) in [6.45, 7) is 0.230. The zero-order valence-corrected chi connectivity index (χ0v) is 15.0. The van der Waals surface area contributed by atoms with E-state index in [1.54, 1.807) is 12.1 Å². The zero-order valence-electron chi connectivity index (χ0n) is 14.2. The molecule has 1 aromatic heterocycles. The molecular formula is C21H17ClN2O2. The van der Waals surface area contributed by atoms with Crippen LogP contribution in [0.3, 0.4) is 0 Å². The second-order valence-electron chi connectivity index (χ2n) is 5.44. The molecule has 0 radical (unpaired) electrons. The molecule has 0 aliphatic carbocycles. The monoisotopic (exact) mass is 364 g/mol. The third-order valence-electron chi connectivity index (χ3n) is 3.74. The van der Waals surface area contributed by atoms with Gasteiger partial charge in [-0.3, -0.25) is 4.79 Å². The van der Waals surface area contributed by atoms with Gasteiger partial charge in [0.1, 0.15) is 5.75 Å². The number of aromatic nitrogens is 1. The van der Waals surface area contributed by atoms with Crippen molar-refractivity contribution >= 4 is 17.5 Å². The van der Waals surface area contributed by atoms with Crippen molar-refractivity contribution in [2.45, 2.75) is 0 Å². The van der Waals surface area contributed by atoms with E-state index < -0.39 is 0 Å². The molecule has 4 nitrogen and oxygen atoms in total. The number of methoxy groups -OCH3 is 1. The first-order valence-electron chi connectivity index (χ1n) is 8.02. The van der Waals surface area contributed by atoms with Crippen LogP contribution in [0.25, 0.3) is 5.69 Å². The Balaban J connectivity index is 1.75. The molecule has 26 heavy (non-hydrogen) atoms. The molecule has 0 unspecified atom stereocenters.